The molecule has 182 valence electrons. The molecule has 4 rings (SSSR count). The number of nitrogens with zero attached hydrogens (tertiary/aromatic N) is 1. The Morgan fingerprint density at radius 3 is 1.91 bits per heavy atom. The maximum Gasteiger partial charge on any atom is 0.271 e. The smallest absolute Gasteiger partial charge is 0.271 e. The summed E-state index contributed by atoms with van der Waals surface area (Å²) in [6, 6.07) is 18.6. The van der Waals surface area contributed by atoms with Crippen LogP contribution in [0.3, 0.4) is 0 Å². The standard InChI is InChI=1S/C26H25NO7S/c1-31-20-13-9-8-12-19(20)27-25(28)23(35(29,30)26(27)18-10-6-5-7-11-18)16-17-14-21(32-2)24(34-4)22(15-17)33-3/h5-16,26H,1-4H3/b23-16-. The van der Waals surface area contributed by atoms with Crippen LogP contribution in [0.5, 0.6) is 23.0 Å². The molecule has 1 aliphatic heterocycles. The number of para-hydroxylation sites is 2. The van der Waals surface area contributed by atoms with Gasteiger partial charge < -0.3 is 18.9 Å². The van der Waals surface area contributed by atoms with Crippen molar-refractivity contribution in [3.05, 3.63) is 82.8 Å². The molecule has 0 spiro atoms. The van der Waals surface area contributed by atoms with Crippen LogP contribution in [0.4, 0.5) is 5.69 Å². The lowest BCUT2D eigenvalue weighted by atomic mass is 10.1. The predicted molar refractivity (Wildman–Crippen MR) is 133 cm³/mol. The summed E-state index contributed by atoms with van der Waals surface area (Å²) in [7, 11) is 1.72. The third-order valence-corrected chi connectivity index (χ3v) is 7.66. The van der Waals surface area contributed by atoms with Crippen LogP contribution in [0.15, 0.2) is 71.6 Å². The van der Waals surface area contributed by atoms with Crippen molar-refractivity contribution in [1.82, 2.24) is 0 Å². The molecule has 1 fully saturated rings. The number of methoxy groups -OCH3 is 4. The van der Waals surface area contributed by atoms with Crippen LogP contribution in [-0.4, -0.2) is 42.8 Å². The highest BCUT2D eigenvalue weighted by Crippen LogP contribution is 2.47. The van der Waals surface area contributed by atoms with Crippen molar-refractivity contribution < 1.29 is 32.2 Å². The Morgan fingerprint density at radius 1 is 0.771 bits per heavy atom. The molecule has 0 radical (unpaired) electrons. The first-order valence-electron chi connectivity index (χ1n) is 10.6. The molecule has 1 saturated heterocycles. The van der Waals surface area contributed by atoms with E-state index in [4.69, 9.17) is 18.9 Å². The van der Waals surface area contributed by atoms with Gasteiger partial charge in [0.15, 0.2) is 16.9 Å². The van der Waals surface area contributed by atoms with Gasteiger partial charge in [0.05, 0.1) is 34.1 Å². The topological polar surface area (TPSA) is 91.4 Å². The highest BCUT2D eigenvalue weighted by molar-refractivity contribution is 7.97. The maximum absolute atomic E-state index is 13.9. The van der Waals surface area contributed by atoms with Crippen LogP contribution in [0.25, 0.3) is 6.08 Å². The number of hydrogen-bond acceptors (Lipinski definition) is 7. The Morgan fingerprint density at radius 2 is 1.34 bits per heavy atom. The van der Waals surface area contributed by atoms with E-state index < -0.39 is 21.1 Å². The highest BCUT2D eigenvalue weighted by atomic mass is 32.2. The second-order valence-corrected chi connectivity index (χ2v) is 9.60. The van der Waals surface area contributed by atoms with E-state index in [0.717, 1.165) is 0 Å². The van der Waals surface area contributed by atoms with Crippen LogP contribution in [0.2, 0.25) is 0 Å². The molecule has 9 heteroatoms. The molecule has 3 aromatic rings. The van der Waals surface area contributed by atoms with Gasteiger partial charge in [0.2, 0.25) is 15.6 Å². The quantitative estimate of drug-likeness (QED) is 0.453. The molecule has 0 N–H and O–H groups in total. The van der Waals surface area contributed by atoms with Gasteiger partial charge in [-0.1, -0.05) is 42.5 Å². The average Bonchev–Trinajstić information content (AvgIpc) is 3.08. The normalized spacial score (nSPS) is 17.9. The first-order valence-corrected chi connectivity index (χ1v) is 12.2. The van der Waals surface area contributed by atoms with E-state index >= 15 is 0 Å². The lowest BCUT2D eigenvalue weighted by Gasteiger charge is -2.24. The van der Waals surface area contributed by atoms with Crippen molar-refractivity contribution in [2.45, 2.75) is 5.37 Å². The number of rotatable bonds is 7. The van der Waals surface area contributed by atoms with Gasteiger partial charge in [-0.25, -0.2) is 8.42 Å². The molecule has 0 bridgehead atoms. The summed E-state index contributed by atoms with van der Waals surface area (Å²) < 4.78 is 49.3. The maximum atomic E-state index is 13.9. The lowest BCUT2D eigenvalue weighted by Crippen LogP contribution is -2.29. The number of benzene rings is 3. The first kappa shape index (κ1) is 24.2. The van der Waals surface area contributed by atoms with E-state index in [1.807, 2.05) is 0 Å². The fourth-order valence-corrected chi connectivity index (χ4v) is 5.98. The van der Waals surface area contributed by atoms with E-state index in [0.29, 0.717) is 39.8 Å². The number of anilines is 1. The summed E-state index contributed by atoms with van der Waals surface area (Å²) in [6.45, 7) is 0. The molecule has 1 unspecified atom stereocenters. The van der Waals surface area contributed by atoms with Gasteiger partial charge in [-0.2, -0.15) is 0 Å². The molecule has 0 aliphatic carbocycles. The summed E-state index contributed by atoms with van der Waals surface area (Å²) in [5.74, 6) is 0.740. The van der Waals surface area contributed by atoms with Crippen LogP contribution >= 0.6 is 0 Å². The second kappa shape index (κ2) is 9.71. The van der Waals surface area contributed by atoms with Gasteiger partial charge in [-0.05, 0) is 41.5 Å². The molecule has 0 saturated carbocycles. The first-order chi connectivity index (χ1) is 16.9. The molecular formula is C26H25NO7S. The predicted octanol–water partition coefficient (Wildman–Crippen LogP) is 4.22. The molecule has 1 aliphatic rings. The minimum absolute atomic E-state index is 0.336. The largest absolute Gasteiger partial charge is 0.495 e. The Balaban J connectivity index is 1.95. The summed E-state index contributed by atoms with van der Waals surface area (Å²) in [6.07, 6.45) is 1.33. The van der Waals surface area contributed by atoms with Gasteiger partial charge in [0, 0.05) is 0 Å². The van der Waals surface area contributed by atoms with E-state index in [2.05, 4.69) is 0 Å². The monoisotopic (exact) mass is 495 g/mol. The van der Waals surface area contributed by atoms with Gasteiger partial charge in [0.25, 0.3) is 5.91 Å². The molecule has 1 heterocycles. The third kappa shape index (κ3) is 4.19. The number of ether oxygens (including phenoxy) is 4. The minimum Gasteiger partial charge on any atom is -0.495 e. The Labute approximate surface area is 204 Å². The third-order valence-electron chi connectivity index (χ3n) is 5.68. The van der Waals surface area contributed by atoms with Gasteiger partial charge in [-0.15, -0.1) is 0 Å². The average molecular weight is 496 g/mol. The Hall–Kier alpha value is -3.98. The fraction of sp³-hybridized carbons (Fsp3) is 0.192. The summed E-state index contributed by atoms with van der Waals surface area (Å²) in [4.78, 5) is 14.6. The van der Waals surface area contributed by atoms with Crippen LogP contribution in [-0.2, 0) is 14.6 Å². The Bertz CT molecular complexity index is 1360. The zero-order chi connectivity index (χ0) is 25.2. The second-order valence-electron chi connectivity index (χ2n) is 7.62. The van der Waals surface area contributed by atoms with Crippen molar-refractivity contribution >= 4 is 27.5 Å². The zero-order valence-corrected chi connectivity index (χ0v) is 20.5. The van der Waals surface area contributed by atoms with E-state index in [-0.39, 0.29) is 4.91 Å². The van der Waals surface area contributed by atoms with Crippen LogP contribution in [0, 0.1) is 0 Å². The van der Waals surface area contributed by atoms with E-state index in [1.54, 1.807) is 66.7 Å². The van der Waals surface area contributed by atoms with Crippen LogP contribution in [0.1, 0.15) is 16.5 Å². The van der Waals surface area contributed by atoms with Crippen molar-refractivity contribution in [2.24, 2.45) is 0 Å². The number of amides is 1. The highest BCUT2D eigenvalue weighted by Gasteiger charge is 2.51. The van der Waals surface area contributed by atoms with E-state index in [1.165, 1.54) is 39.4 Å². The SMILES string of the molecule is COc1ccccc1N1C(=O)/C(=C/c2cc(OC)c(OC)c(OC)c2)S(=O)(=O)C1c1ccccc1. The Kier molecular flexibility index (Phi) is 6.70. The van der Waals surface area contributed by atoms with Gasteiger partial charge in [-0.3, -0.25) is 9.69 Å². The van der Waals surface area contributed by atoms with Crippen molar-refractivity contribution in [2.75, 3.05) is 33.3 Å². The fourth-order valence-electron chi connectivity index (χ4n) is 4.10. The number of carbonyl (C=O) groups excluding carboxylic acids is 1. The molecule has 1 amide bonds. The number of carbonyl (C=O) groups is 1. The van der Waals surface area contributed by atoms with Gasteiger partial charge >= 0.3 is 0 Å². The van der Waals surface area contributed by atoms with Crippen molar-refractivity contribution in [1.29, 1.82) is 0 Å². The molecule has 35 heavy (non-hydrogen) atoms. The zero-order valence-electron chi connectivity index (χ0n) is 19.7. The molecule has 8 nitrogen and oxygen atoms in total. The van der Waals surface area contributed by atoms with E-state index in [9.17, 15) is 13.2 Å². The molecule has 0 aromatic heterocycles. The van der Waals surface area contributed by atoms with Crippen molar-refractivity contribution in [3.63, 3.8) is 0 Å². The molecule has 1 atom stereocenters. The summed E-state index contributed by atoms with van der Waals surface area (Å²) in [5, 5.41) is -1.26. The van der Waals surface area contributed by atoms with Crippen molar-refractivity contribution in [3.8, 4) is 23.0 Å². The molecular weight excluding hydrogens is 470 g/mol. The lowest BCUT2D eigenvalue weighted by molar-refractivity contribution is -0.114. The number of hydrogen-bond donors (Lipinski definition) is 0. The minimum atomic E-state index is -4.14. The van der Waals surface area contributed by atoms with Crippen LogP contribution < -0.4 is 23.8 Å². The molecule has 3 aromatic carbocycles. The number of sulfone groups is 1. The van der Waals surface area contributed by atoms with Gasteiger partial charge in [0.1, 0.15) is 10.7 Å². The summed E-state index contributed by atoms with van der Waals surface area (Å²) >= 11 is 0. The summed E-state index contributed by atoms with van der Waals surface area (Å²) in [5.41, 5.74) is 1.21.